The minimum Gasteiger partial charge on any atom is -0.490 e. The summed E-state index contributed by atoms with van der Waals surface area (Å²) in [6.07, 6.45) is 3.24. The number of ether oxygens (including phenoxy) is 1. The number of allylic oxidation sites excluding steroid dienone is 1. The largest absolute Gasteiger partial charge is 0.490 e. The van der Waals surface area contributed by atoms with Gasteiger partial charge in [-0.2, -0.15) is 0 Å². The summed E-state index contributed by atoms with van der Waals surface area (Å²) in [6, 6.07) is 6.35. The molecule has 0 aliphatic carbocycles. The molecule has 0 spiro atoms. The van der Waals surface area contributed by atoms with Gasteiger partial charge in [0.1, 0.15) is 5.75 Å². The monoisotopic (exact) mass is 218 g/mol. The molecule has 1 aromatic carbocycles. The summed E-state index contributed by atoms with van der Waals surface area (Å²) in [4.78, 5) is 0. The van der Waals surface area contributed by atoms with E-state index in [4.69, 9.17) is 4.74 Å². The highest BCUT2D eigenvalue weighted by molar-refractivity contribution is 5.40. The van der Waals surface area contributed by atoms with Crippen molar-refractivity contribution < 1.29 is 4.74 Å². The Balaban J connectivity index is 3.02. The van der Waals surface area contributed by atoms with E-state index in [0.717, 1.165) is 12.2 Å². The molecular weight excluding hydrogens is 196 g/mol. The molecule has 88 valence electrons. The van der Waals surface area contributed by atoms with Gasteiger partial charge in [-0.25, -0.2) is 0 Å². The summed E-state index contributed by atoms with van der Waals surface area (Å²) in [5, 5.41) is 0. The van der Waals surface area contributed by atoms with Crippen molar-refractivity contribution in [2.75, 3.05) is 0 Å². The predicted molar refractivity (Wildman–Crippen MR) is 70.2 cm³/mol. The lowest BCUT2D eigenvalue weighted by atomic mass is 9.98. The zero-order chi connectivity index (χ0) is 12.1. The molecule has 0 aliphatic rings. The van der Waals surface area contributed by atoms with Gasteiger partial charge in [-0.1, -0.05) is 37.6 Å². The first-order chi connectivity index (χ1) is 7.58. The zero-order valence-corrected chi connectivity index (χ0v) is 10.8. The molecule has 16 heavy (non-hydrogen) atoms. The van der Waals surface area contributed by atoms with Crippen LogP contribution >= 0.6 is 0 Å². The van der Waals surface area contributed by atoms with Crippen molar-refractivity contribution in [3.63, 3.8) is 0 Å². The molecule has 0 aromatic heterocycles. The summed E-state index contributed by atoms with van der Waals surface area (Å²) in [5.74, 6) is 1.33. The van der Waals surface area contributed by atoms with Gasteiger partial charge in [-0.15, -0.1) is 6.58 Å². The second kappa shape index (κ2) is 5.74. The van der Waals surface area contributed by atoms with Gasteiger partial charge in [-0.05, 0) is 26.3 Å². The van der Waals surface area contributed by atoms with Gasteiger partial charge in [0.15, 0.2) is 0 Å². The van der Waals surface area contributed by atoms with E-state index in [1.54, 1.807) is 0 Å². The van der Waals surface area contributed by atoms with Crippen LogP contribution in [0.2, 0.25) is 0 Å². The van der Waals surface area contributed by atoms with Crippen molar-refractivity contribution in [3.8, 4) is 5.75 Å². The lowest BCUT2D eigenvalue weighted by molar-refractivity contribution is 0.215. The van der Waals surface area contributed by atoms with Crippen LogP contribution in [0, 0.1) is 6.92 Å². The Labute approximate surface area is 99.1 Å². The second-order valence-corrected chi connectivity index (χ2v) is 4.40. The molecule has 2 atom stereocenters. The fraction of sp³-hybridized carbons (Fsp3) is 0.467. The minimum absolute atomic E-state index is 0.262. The van der Waals surface area contributed by atoms with E-state index in [9.17, 15) is 0 Å². The molecular formula is C15H22O. The topological polar surface area (TPSA) is 9.23 Å². The van der Waals surface area contributed by atoms with Crippen LogP contribution in [0.5, 0.6) is 5.75 Å². The molecule has 1 rings (SSSR count). The van der Waals surface area contributed by atoms with Gasteiger partial charge >= 0.3 is 0 Å². The maximum absolute atomic E-state index is 5.92. The highest BCUT2D eigenvalue weighted by Crippen LogP contribution is 2.29. The third-order valence-corrected chi connectivity index (χ3v) is 2.91. The van der Waals surface area contributed by atoms with E-state index >= 15 is 0 Å². The third kappa shape index (κ3) is 3.13. The average Bonchev–Trinajstić information content (AvgIpc) is 2.30. The first-order valence-electron chi connectivity index (χ1n) is 5.98. The number of aryl methyl sites for hydroxylation is 1. The summed E-state index contributed by atoms with van der Waals surface area (Å²) >= 11 is 0. The van der Waals surface area contributed by atoms with Gasteiger partial charge in [0.2, 0.25) is 0 Å². The summed E-state index contributed by atoms with van der Waals surface area (Å²) < 4.78 is 5.92. The summed E-state index contributed by atoms with van der Waals surface area (Å²) in [6.45, 7) is 12.3. The van der Waals surface area contributed by atoms with Crippen molar-refractivity contribution in [1.82, 2.24) is 0 Å². The van der Waals surface area contributed by atoms with Crippen LogP contribution in [0.1, 0.15) is 44.2 Å². The van der Waals surface area contributed by atoms with Crippen molar-refractivity contribution in [1.29, 1.82) is 0 Å². The van der Waals surface area contributed by atoms with Crippen LogP contribution in [0.15, 0.2) is 30.9 Å². The van der Waals surface area contributed by atoms with Gasteiger partial charge in [-0.3, -0.25) is 0 Å². The molecule has 0 bridgehead atoms. The quantitative estimate of drug-likeness (QED) is 0.663. The summed E-state index contributed by atoms with van der Waals surface area (Å²) in [7, 11) is 0. The molecule has 1 heteroatoms. The fourth-order valence-electron chi connectivity index (χ4n) is 1.56. The molecule has 0 amide bonds. The maximum Gasteiger partial charge on any atom is 0.123 e. The van der Waals surface area contributed by atoms with Crippen molar-refractivity contribution in [3.05, 3.63) is 42.0 Å². The zero-order valence-electron chi connectivity index (χ0n) is 10.8. The van der Waals surface area contributed by atoms with Crippen LogP contribution in [-0.2, 0) is 0 Å². The van der Waals surface area contributed by atoms with Gasteiger partial charge in [0.05, 0.1) is 6.10 Å². The van der Waals surface area contributed by atoms with Gasteiger partial charge in [0, 0.05) is 11.5 Å². The van der Waals surface area contributed by atoms with E-state index in [1.165, 1.54) is 11.1 Å². The SMILES string of the molecule is C=C[C@H](C)c1cc(C)ccc1O[C@@H](C)CC. The van der Waals surface area contributed by atoms with E-state index in [1.807, 2.05) is 6.08 Å². The van der Waals surface area contributed by atoms with Crippen molar-refractivity contribution >= 4 is 0 Å². The number of benzene rings is 1. The third-order valence-electron chi connectivity index (χ3n) is 2.91. The van der Waals surface area contributed by atoms with Crippen LogP contribution in [0.4, 0.5) is 0 Å². The smallest absolute Gasteiger partial charge is 0.123 e. The first-order valence-corrected chi connectivity index (χ1v) is 5.98. The molecule has 0 fully saturated rings. The van der Waals surface area contributed by atoms with Crippen LogP contribution < -0.4 is 4.74 Å². The molecule has 0 saturated carbocycles. The summed E-state index contributed by atoms with van der Waals surface area (Å²) in [5.41, 5.74) is 2.50. The van der Waals surface area contributed by atoms with E-state index in [2.05, 4.69) is 52.5 Å². The number of hydrogen-bond acceptors (Lipinski definition) is 1. The molecule has 0 saturated heterocycles. The predicted octanol–water partition coefficient (Wildman–Crippen LogP) is 4.46. The Hall–Kier alpha value is -1.24. The minimum atomic E-state index is 0.262. The highest BCUT2D eigenvalue weighted by atomic mass is 16.5. The number of rotatable bonds is 5. The van der Waals surface area contributed by atoms with Gasteiger partial charge in [0.25, 0.3) is 0 Å². The molecule has 1 aromatic rings. The molecule has 0 radical (unpaired) electrons. The van der Waals surface area contributed by atoms with Crippen molar-refractivity contribution in [2.24, 2.45) is 0 Å². The normalized spacial score (nSPS) is 14.2. The molecule has 0 heterocycles. The Morgan fingerprint density at radius 3 is 2.62 bits per heavy atom. The lowest BCUT2D eigenvalue weighted by Gasteiger charge is -2.18. The van der Waals surface area contributed by atoms with E-state index in [0.29, 0.717) is 5.92 Å². The Kier molecular flexibility index (Phi) is 4.60. The molecule has 1 nitrogen and oxygen atoms in total. The Morgan fingerprint density at radius 1 is 1.38 bits per heavy atom. The standard InChI is InChI=1S/C15H22O/c1-6-12(4)14-10-11(3)8-9-15(14)16-13(5)7-2/h6,8-10,12-13H,1,7H2,2-5H3/t12-,13-/m0/s1. The van der Waals surface area contributed by atoms with E-state index in [-0.39, 0.29) is 6.10 Å². The van der Waals surface area contributed by atoms with Crippen LogP contribution in [0.3, 0.4) is 0 Å². The molecule has 0 unspecified atom stereocenters. The van der Waals surface area contributed by atoms with Crippen LogP contribution in [0.25, 0.3) is 0 Å². The lowest BCUT2D eigenvalue weighted by Crippen LogP contribution is -2.11. The maximum atomic E-state index is 5.92. The van der Waals surface area contributed by atoms with Gasteiger partial charge < -0.3 is 4.74 Å². The number of hydrogen-bond donors (Lipinski definition) is 0. The second-order valence-electron chi connectivity index (χ2n) is 4.40. The fourth-order valence-corrected chi connectivity index (χ4v) is 1.56. The van der Waals surface area contributed by atoms with E-state index < -0.39 is 0 Å². The Morgan fingerprint density at radius 2 is 2.06 bits per heavy atom. The van der Waals surface area contributed by atoms with Crippen molar-refractivity contribution in [2.45, 2.75) is 46.1 Å². The molecule has 0 N–H and O–H groups in total. The highest BCUT2D eigenvalue weighted by Gasteiger charge is 2.11. The van der Waals surface area contributed by atoms with Crippen LogP contribution in [-0.4, -0.2) is 6.10 Å². The molecule has 0 aliphatic heterocycles. The Bertz CT molecular complexity index is 354. The average molecular weight is 218 g/mol. The first kappa shape index (κ1) is 12.8.